The standard InChI is InChI=1S/C9H14O.C8H14O2.C8H12O2/c1-4-9-8(3)7(2)5-6-10-9;2*1-6-3-4-10-8(5-9)7(6)2/h4-9H,1H2,2-3H3;3-4,6-9H,5H2,1-2H3;3-8H,1-2H3. The third kappa shape index (κ3) is 7.67. The Morgan fingerprint density at radius 3 is 1.57 bits per heavy atom. The number of carbonyl (C=O) groups excluding carboxylic acids is 1. The maximum atomic E-state index is 10.4. The Bertz CT molecular complexity index is 560. The lowest BCUT2D eigenvalue weighted by Gasteiger charge is -2.28. The quantitative estimate of drug-likeness (QED) is 0.520. The van der Waals surface area contributed by atoms with Gasteiger partial charge in [0, 0.05) is 17.8 Å². The number of allylic oxidation sites excluding steroid dienone is 3. The third-order valence-electron chi connectivity index (χ3n) is 6.53. The Hall–Kier alpha value is -2.01. The molecule has 0 aliphatic carbocycles. The summed E-state index contributed by atoms with van der Waals surface area (Å²) in [5, 5.41) is 8.82. The molecule has 1 N–H and O–H groups in total. The highest BCUT2D eigenvalue weighted by Gasteiger charge is 2.25. The summed E-state index contributed by atoms with van der Waals surface area (Å²) < 4.78 is 15.6. The van der Waals surface area contributed by atoms with Crippen LogP contribution in [0.15, 0.2) is 49.7 Å². The van der Waals surface area contributed by atoms with Gasteiger partial charge in [0.1, 0.15) is 12.2 Å². The second-order valence-electron chi connectivity index (χ2n) is 8.57. The van der Waals surface area contributed by atoms with E-state index in [0.717, 1.165) is 6.29 Å². The van der Waals surface area contributed by atoms with Crippen LogP contribution in [0.5, 0.6) is 0 Å². The zero-order chi connectivity index (χ0) is 22.7. The molecule has 3 rings (SSSR count). The minimum absolute atomic E-state index is 0.000000000000000444. The number of aldehydes is 1. The van der Waals surface area contributed by atoms with Crippen molar-refractivity contribution in [1.29, 1.82) is 0 Å². The zero-order valence-electron chi connectivity index (χ0n) is 19.3. The molecule has 9 atom stereocenters. The predicted molar refractivity (Wildman–Crippen MR) is 120 cm³/mol. The number of hydrogen-bond acceptors (Lipinski definition) is 5. The van der Waals surface area contributed by atoms with Gasteiger partial charge in [0.2, 0.25) is 0 Å². The first kappa shape index (κ1) is 26.0. The normalized spacial score (nSPS) is 39.0. The molecule has 0 fully saturated rings. The Kier molecular flexibility index (Phi) is 11.6. The van der Waals surface area contributed by atoms with E-state index in [1.807, 2.05) is 25.2 Å². The van der Waals surface area contributed by atoms with Crippen LogP contribution in [0.1, 0.15) is 41.5 Å². The molecule has 0 radical (unpaired) electrons. The van der Waals surface area contributed by atoms with E-state index in [9.17, 15) is 4.79 Å². The summed E-state index contributed by atoms with van der Waals surface area (Å²) in [5.74, 6) is 2.87. The van der Waals surface area contributed by atoms with Crippen molar-refractivity contribution in [2.24, 2.45) is 35.5 Å². The lowest BCUT2D eigenvalue weighted by molar-refractivity contribution is -0.118. The highest BCUT2D eigenvalue weighted by atomic mass is 16.5. The van der Waals surface area contributed by atoms with Gasteiger partial charge in [-0.2, -0.15) is 0 Å². The molecule has 3 aliphatic rings. The number of aliphatic hydroxyl groups is 1. The summed E-state index contributed by atoms with van der Waals surface area (Å²) in [6.45, 7) is 16.5. The van der Waals surface area contributed by atoms with E-state index in [2.05, 4.69) is 47.3 Å². The number of rotatable bonds is 3. The van der Waals surface area contributed by atoms with Gasteiger partial charge in [-0.15, -0.1) is 0 Å². The molecule has 0 saturated carbocycles. The summed E-state index contributed by atoms with van der Waals surface area (Å²) in [6, 6.07) is 0. The lowest BCUT2D eigenvalue weighted by Crippen LogP contribution is -2.30. The smallest absolute Gasteiger partial charge is 0.160 e. The van der Waals surface area contributed by atoms with Crippen molar-refractivity contribution in [3.63, 3.8) is 0 Å². The van der Waals surface area contributed by atoms with Crippen molar-refractivity contribution in [1.82, 2.24) is 0 Å². The number of ether oxygens (including phenoxy) is 3. The Labute approximate surface area is 182 Å². The van der Waals surface area contributed by atoms with Crippen molar-refractivity contribution in [2.75, 3.05) is 6.61 Å². The molecule has 0 saturated heterocycles. The molecular weight excluding hydrogens is 380 g/mol. The van der Waals surface area contributed by atoms with Crippen molar-refractivity contribution in [3.05, 3.63) is 49.7 Å². The summed E-state index contributed by atoms with van der Waals surface area (Å²) in [7, 11) is 0. The molecule has 3 heterocycles. The zero-order valence-corrected chi connectivity index (χ0v) is 19.3. The molecule has 0 aromatic carbocycles. The van der Waals surface area contributed by atoms with Gasteiger partial charge in [-0.05, 0) is 36.0 Å². The molecule has 0 aromatic heterocycles. The van der Waals surface area contributed by atoms with Crippen molar-refractivity contribution in [2.45, 2.75) is 59.9 Å². The van der Waals surface area contributed by atoms with Crippen LogP contribution in [0, 0.1) is 35.5 Å². The molecule has 9 unspecified atom stereocenters. The minimum atomic E-state index is -0.236. The maximum absolute atomic E-state index is 10.4. The second kappa shape index (κ2) is 13.3. The maximum Gasteiger partial charge on any atom is 0.160 e. The van der Waals surface area contributed by atoms with Crippen LogP contribution < -0.4 is 0 Å². The van der Waals surface area contributed by atoms with E-state index in [1.165, 1.54) is 0 Å². The van der Waals surface area contributed by atoms with E-state index in [0.29, 0.717) is 35.5 Å². The van der Waals surface area contributed by atoms with E-state index in [1.54, 1.807) is 18.8 Å². The fourth-order valence-electron chi connectivity index (χ4n) is 3.26. The minimum Gasteiger partial charge on any atom is -0.496 e. The van der Waals surface area contributed by atoms with Crippen LogP contribution in [-0.2, 0) is 19.0 Å². The summed E-state index contributed by atoms with van der Waals surface area (Å²) in [6.07, 6.45) is 13.9. The van der Waals surface area contributed by atoms with Crippen LogP contribution in [0.3, 0.4) is 0 Å². The van der Waals surface area contributed by atoms with Gasteiger partial charge in [0.25, 0.3) is 0 Å². The highest BCUT2D eigenvalue weighted by molar-refractivity contribution is 5.57. The van der Waals surface area contributed by atoms with Crippen LogP contribution >= 0.6 is 0 Å². The molecule has 3 aliphatic heterocycles. The Morgan fingerprint density at radius 1 is 0.767 bits per heavy atom. The first-order chi connectivity index (χ1) is 14.3. The molecular formula is C25H40O5. The van der Waals surface area contributed by atoms with Crippen LogP contribution in [-0.4, -0.2) is 36.3 Å². The van der Waals surface area contributed by atoms with E-state index < -0.39 is 0 Å². The average molecular weight is 421 g/mol. The summed E-state index contributed by atoms with van der Waals surface area (Å²) >= 11 is 0. The number of aliphatic hydroxyl groups excluding tert-OH is 1. The topological polar surface area (TPSA) is 65.0 Å². The van der Waals surface area contributed by atoms with Crippen molar-refractivity contribution >= 4 is 6.29 Å². The molecule has 5 heteroatoms. The van der Waals surface area contributed by atoms with E-state index >= 15 is 0 Å². The van der Waals surface area contributed by atoms with Crippen molar-refractivity contribution < 1.29 is 24.1 Å². The van der Waals surface area contributed by atoms with Gasteiger partial charge in [-0.3, -0.25) is 4.79 Å². The summed E-state index contributed by atoms with van der Waals surface area (Å²) in [5.41, 5.74) is 0. The Morgan fingerprint density at radius 2 is 1.20 bits per heavy atom. The fourth-order valence-corrected chi connectivity index (χ4v) is 3.26. The molecule has 0 spiro atoms. The predicted octanol–water partition coefficient (Wildman–Crippen LogP) is 4.89. The van der Waals surface area contributed by atoms with Crippen LogP contribution in [0.25, 0.3) is 0 Å². The monoisotopic (exact) mass is 420 g/mol. The molecule has 0 bridgehead atoms. The van der Waals surface area contributed by atoms with Crippen LogP contribution in [0.2, 0.25) is 0 Å². The fraction of sp³-hybridized carbons (Fsp3) is 0.640. The molecule has 30 heavy (non-hydrogen) atoms. The molecule has 0 amide bonds. The first-order valence-corrected chi connectivity index (χ1v) is 10.9. The van der Waals surface area contributed by atoms with E-state index in [4.69, 9.17) is 19.3 Å². The lowest BCUT2D eigenvalue weighted by atomic mass is 9.89. The van der Waals surface area contributed by atoms with Gasteiger partial charge >= 0.3 is 0 Å². The van der Waals surface area contributed by atoms with Gasteiger partial charge < -0.3 is 19.3 Å². The molecule has 170 valence electrons. The highest BCUT2D eigenvalue weighted by Crippen LogP contribution is 2.25. The van der Waals surface area contributed by atoms with Gasteiger partial charge in [0.15, 0.2) is 12.4 Å². The van der Waals surface area contributed by atoms with Gasteiger partial charge in [-0.25, -0.2) is 0 Å². The first-order valence-electron chi connectivity index (χ1n) is 10.9. The van der Waals surface area contributed by atoms with Crippen LogP contribution in [0.4, 0.5) is 0 Å². The summed E-state index contributed by atoms with van der Waals surface area (Å²) in [4.78, 5) is 10.4. The van der Waals surface area contributed by atoms with Crippen molar-refractivity contribution in [3.8, 4) is 0 Å². The number of hydrogen-bond donors (Lipinski definition) is 1. The second-order valence-corrected chi connectivity index (χ2v) is 8.57. The third-order valence-corrected chi connectivity index (χ3v) is 6.53. The molecule has 5 nitrogen and oxygen atoms in total. The average Bonchev–Trinajstić information content (AvgIpc) is 2.75. The SMILES string of the molecule is C=CC1OC=CC(C)C1C.CC1C=COC(C=O)C1C.CC1C=COC(CO)C1C. The van der Waals surface area contributed by atoms with E-state index in [-0.39, 0.29) is 24.9 Å². The largest absolute Gasteiger partial charge is 0.496 e. The molecule has 0 aromatic rings. The Balaban J connectivity index is 0.000000225. The number of carbonyl (C=O) groups is 1. The van der Waals surface area contributed by atoms with Gasteiger partial charge in [-0.1, -0.05) is 54.2 Å². The van der Waals surface area contributed by atoms with Gasteiger partial charge in [0.05, 0.1) is 25.4 Å².